The van der Waals surface area contributed by atoms with E-state index in [1.807, 2.05) is 32.0 Å². The number of nitrogens with zero attached hydrogens (tertiary/aromatic N) is 4. The average Bonchev–Trinajstić information content (AvgIpc) is 2.86. The lowest BCUT2D eigenvalue weighted by molar-refractivity contribution is 0.240. The third kappa shape index (κ3) is 4.19. The number of ether oxygens (including phenoxy) is 1. The molecule has 0 aliphatic rings. The molecule has 7 heteroatoms. The van der Waals surface area contributed by atoms with Crippen LogP contribution in [-0.2, 0) is 13.1 Å². The highest BCUT2D eigenvalue weighted by atomic mass is 35.5. The largest absolute Gasteiger partial charge is 0.491 e. The summed E-state index contributed by atoms with van der Waals surface area (Å²) < 4.78 is 7.40. The molecule has 1 heterocycles. The summed E-state index contributed by atoms with van der Waals surface area (Å²) in [5.41, 5.74) is 0.948. The zero-order valence-electron chi connectivity index (χ0n) is 12.1. The number of hydrogen-bond donors (Lipinski definition) is 1. The highest BCUT2D eigenvalue weighted by molar-refractivity contribution is 6.30. The van der Waals surface area contributed by atoms with Gasteiger partial charge in [0.2, 0.25) is 5.95 Å². The summed E-state index contributed by atoms with van der Waals surface area (Å²) in [5.74, 6) is 1.37. The number of allylic oxidation sites excluding steroid dienone is 1. The SMILES string of the molecule is C=CCn1nnnc1NCc1cc(Cl)ccc1OC(C)C. The lowest BCUT2D eigenvalue weighted by Crippen LogP contribution is -2.11. The first-order chi connectivity index (χ1) is 10.1. The van der Waals surface area contributed by atoms with Crippen LogP contribution in [0.4, 0.5) is 5.95 Å². The number of tetrazole rings is 1. The van der Waals surface area contributed by atoms with Gasteiger partial charge >= 0.3 is 0 Å². The van der Waals surface area contributed by atoms with Crippen molar-refractivity contribution in [2.45, 2.75) is 33.0 Å². The number of aromatic nitrogens is 4. The summed E-state index contributed by atoms with van der Waals surface area (Å²) in [7, 11) is 0. The first kappa shape index (κ1) is 15.3. The summed E-state index contributed by atoms with van der Waals surface area (Å²) in [6, 6.07) is 5.55. The van der Waals surface area contributed by atoms with Gasteiger partial charge in [-0.25, -0.2) is 4.68 Å². The Morgan fingerprint density at radius 1 is 1.48 bits per heavy atom. The first-order valence-electron chi connectivity index (χ1n) is 6.66. The van der Waals surface area contributed by atoms with E-state index >= 15 is 0 Å². The van der Waals surface area contributed by atoms with Crippen LogP contribution >= 0.6 is 11.6 Å². The van der Waals surface area contributed by atoms with Crippen LogP contribution in [-0.4, -0.2) is 26.3 Å². The van der Waals surface area contributed by atoms with Gasteiger partial charge in [0.15, 0.2) is 0 Å². The van der Waals surface area contributed by atoms with Crippen molar-refractivity contribution in [1.82, 2.24) is 20.2 Å². The number of anilines is 1. The molecule has 1 aromatic heterocycles. The van der Waals surface area contributed by atoms with Crippen LogP contribution < -0.4 is 10.1 Å². The minimum absolute atomic E-state index is 0.0935. The van der Waals surface area contributed by atoms with E-state index in [9.17, 15) is 0 Å². The smallest absolute Gasteiger partial charge is 0.243 e. The Morgan fingerprint density at radius 2 is 2.29 bits per heavy atom. The van der Waals surface area contributed by atoms with E-state index in [0.717, 1.165) is 11.3 Å². The van der Waals surface area contributed by atoms with E-state index in [0.29, 0.717) is 24.1 Å². The second-order valence-electron chi connectivity index (χ2n) is 4.75. The standard InChI is InChI=1S/C14H18ClN5O/c1-4-7-20-14(17-18-19-20)16-9-11-8-12(15)5-6-13(11)21-10(2)3/h4-6,8,10H,1,7,9H2,2-3H3,(H,16,17,19). The van der Waals surface area contributed by atoms with Crippen molar-refractivity contribution >= 4 is 17.5 Å². The third-order valence-corrected chi connectivity index (χ3v) is 2.89. The van der Waals surface area contributed by atoms with Crippen LogP contribution in [0.2, 0.25) is 5.02 Å². The Bertz CT molecular complexity index is 611. The van der Waals surface area contributed by atoms with E-state index in [1.54, 1.807) is 10.8 Å². The molecule has 112 valence electrons. The highest BCUT2D eigenvalue weighted by Gasteiger charge is 2.09. The molecule has 0 bridgehead atoms. The van der Waals surface area contributed by atoms with Crippen molar-refractivity contribution < 1.29 is 4.74 Å². The molecule has 0 spiro atoms. The zero-order chi connectivity index (χ0) is 15.2. The molecule has 0 aliphatic heterocycles. The molecule has 0 atom stereocenters. The van der Waals surface area contributed by atoms with Crippen LogP contribution in [0.15, 0.2) is 30.9 Å². The van der Waals surface area contributed by atoms with E-state index in [-0.39, 0.29) is 6.10 Å². The van der Waals surface area contributed by atoms with Crippen molar-refractivity contribution in [3.05, 3.63) is 41.4 Å². The summed E-state index contributed by atoms with van der Waals surface area (Å²) >= 11 is 6.05. The van der Waals surface area contributed by atoms with Gasteiger partial charge in [0.05, 0.1) is 12.6 Å². The molecule has 0 radical (unpaired) electrons. The predicted octanol–water partition coefficient (Wildman–Crippen LogP) is 2.91. The summed E-state index contributed by atoms with van der Waals surface area (Å²) in [6.07, 6.45) is 1.82. The van der Waals surface area contributed by atoms with Gasteiger partial charge in [-0.3, -0.25) is 0 Å². The van der Waals surface area contributed by atoms with Crippen LogP contribution in [0.3, 0.4) is 0 Å². The fraction of sp³-hybridized carbons (Fsp3) is 0.357. The molecule has 0 saturated heterocycles. The molecule has 2 aromatic rings. The minimum atomic E-state index is 0.0935. The molecule has 0 unspecified atom stereocenters. The molecule has 1 aromatic carbocycles. The number of benzene rings is 1. The predicted molar refractivity (Wildman–Crippen MR) is 82.6 cm³/mol. The van der Waals surface area contributed by atoms with Crippen LogP contribution in [0.1, 0.15) is 19.4 Å². The maximum atomic E-state index is 6.05. The van der Waals surface area contributed by atoms with E-state index in [4.69, 9.17) is 16.3 Å². The van der Waals surface area contributed by atoms with Crippen molar-refractivity contribution in [2.24, 2.45) is 0 Å². The van der Waals surface area contributed by atoms with Gasteiger partial charge in [0.1, 0.15) is 5.75 Å². The monoisotopic (exact) mass is 307 g/mol. The van der Waals surface area contributed by atoms with Crippen molar-refractivity contribution in [2.75, 3.05) is 5.32 Å². The minimum Gasteiger partial charge on any atom is -0.491 e. The molecule has 0 aliphatic carbocycles. The first-order valence-corrected chi connectivity index (χ1v) is 7.04. The van der Waals surface area contributed by atoms with Gasteiger partial charge in [-0.1, -0.05) is 22.8 Å². The highest BCUT2D eigenvalue weighted by Crippen LogP contribution is 2.24. The summed E-state index contributed by atoms with van der Waals surface area (Å²) in [6.45, 7) is 8.69. The molecule has 1 N–H and O–H groups in total. The lowest BCUT2D eigenvalue weighted by atomic mass is 10.2. The maximum absolute atomic E-state index is 6.05. The van der Waals surface area contributed by atoms with E-state index in [1.165, 1.54) is 0 Å². The number of nitrogens with one attached hydrogen (secondary N) is 1. The second kappa shape index (κ2) is 7.08. The molecule has 21 heavy (non-hydrogen) atoms. The van der Waals surface area contributed by atoms with E-state index < -0.39 is 0 Å². The second-order valence-corrected chi connectivity index (χ2v) is 5.18. The van der Waals surface area contributed by atoms with Crippen molar-refractivity contribution in [3.63, 3.8) is 0 Å². The van der Waals surface area contributed by atoms with Crippen molar-refractivity contribution in [1.29, 1.82) is 0 Å². The van der Waals surface area contributed by atoms with Gasteiger partial charge in [0.25, 0.3) is 0 Å². The Kier molecular flexibility index (Phi) is 5.16. The topological polar surface area (TPSA) is 64.9 Å². The van der Waals surface area contributed by atoms with Gasteiger partial charge in [-0.2, -0.15) is 0 Å². The maximum Gasteiger partial charge on any atom is 0.243 e. The van der Waals surface area contributed by atoms with Gasteiger partial charge in [-0.15, -0.1) is 6.58 Å². The lowest BCUT2D eigenvalue weighted by Gasteiger charge is -2.15. The summed E-state index contributed by atoms with van der Waals surface area (Å²) in [5, 5.41) is 15.3. The molecule has 2 rings (SSSR count). The fourth-order valence-corrected chi connectivity index (χ4v) is 2.00. The molecular weight excluding hydrogens is 290 g/mol. The normalized spacial score (nSPS) is 10.7. The van der Waals surface area contributed by atoms with Gasteiger partial charge < -0.3 is 10.1 Å². The Hall–Kier alpha value is -2.08. The van der Waals surface area contributed by atoms with Gasteiger partial charge in [0, 0.05) is 17.1 Å². The fourth-order valence-electron chi connectivity index (χ4n) is 1.81. The van der Waals surface area contributed by atoms with Crippen LogP contribution in [0.5, 0.6) is 5.75 Å². The Balaban J connectivity index is 2.13. The van der Waals surface area contributed by atoms with Crippen LogP contribution in [0, 0.1) is 0 Å². The zero-order valence-corrected chi connectivity index (χ0v) is 12.8. The quantitative estimate of drug-likeness (QED) is 0.797. The average molecular weight is 308 g/mol. The van der Waals surface area contributed by atoms with Crippen molar-refractivity contribution in [3.8, 4) is 5.75 Å². The Morgan fingerprint density at radius 3 is 3.00 bits per heavy atom. The molecule has 6 nitrogen and oxygen atoms in total. The number of rotatable bonds is 7. The van der Waals surface area contributed by atoms with E-state index in [2.05, 4.69) is 27.4 Å². The number of halogens is 1. The molecule has 0 fully saturated rings. The number of hydrogen-bond acceptors (Lipinski definition) is 5. The van der Waals surface area contributed by atoms with Gasteiger partial charge in [-0.05, 0) is 42.5 Å². The third-order valence-electron chi connectivity index (χ3n) is 2.66. The molecule has 0 saturated carbocycles. The van der Waals surface area contributed by atoms with Crippen LogP contribution in [0.25, 0.3) is 0 Å². The molecular formula is C14H18ClN5O. The Labute approximate surface area is 128 Å². The summed E-state index contributed by atoms with van der Waals surface area (Å²) in [4.78, 5) is 0. The molecule has 0 amide bonds.